The Bertz CT molecular complexity index is 1550. The molecule has 0 saturated carbocycles. The molecule has 0 aliphatic carbocycles. The average Bonchev–Trinajstić information content (AvgIpc) is 3.54. The number of benzene rings is 1. The SMILES string of the molecule is COCOc1cc(-c2c[nH]nc2C2CCCCO2)ccc1-c1cc2scc(OS(=O)(=O)C(F)(F)F)c2nn1. The molecule has 15 heteroatoms. The molecule has 1 N–H and O–H groups in total. The van der Waals surface area contributed by atoms with Gasteiger partial charge in [-0.3, -0.25) is 5.10 Å². The van der Waals surface area contributed by atoms with Crippen molar-refractivity contribution in [2.75, 3.05) is 20.5 Å². The number of aromatic nitrogens is 4. The van der Waals surface area contributed by atoms with Gasteiger partial charge in [-0.1, -0.05) is 6.07 Å². The molecule has 0 amide bonds. The lowest BCUT2D eigenvalue weighted by molar-refractivity contribution is -0.0499. The number of alkyl halides is 3. The van der Waals surface area contributed by atoms with Crippen LogP contribution in [0, 0.1) is 0 Å². The molecule has 10 nitrogen and oxygen atoms in total. The van der Waals surface area contributed by atoms with E-state index in [1.54, 1.807) is 24.4 Å². The zero-order valence-corrected chi connectivity index (χ0v) is 21.5. The summed E-state index contributed by atoms with van der Waals surface area (Å²) in [4.78, 5) is 0. The summed E-state index contributed by atoms with van der Waals surface area (Å²) in [6, 6.07) is 6.99. The molecule has 202 valence electrons. The highest BCUT2D eigenvalue weighted by Crippen LogP contribution is 2.40. The second-order valence-electron chi connectivity index (χ2n) is 8.33. The van der Waals surface area contributed by atoms with Gasteiger partial charge in [0.25, 0.3) is 0 Å². The van der Waals surface area contributed by atoms with Crippen molar-refractivity contribution in [3.05, 3.63) is 41.5 Å². The van der Waals surface area contributed by atoms with Gasteiger partial charge in [-0.2, -0.15) is 26.7 Å². The number of ether oxygens (including phenoxy) is 3. The van der Waals surface area contributed by atoms with Gasteiger partial charge in [-0.05, 0) is 43.0 Å². The molecule has 3 aromatic heterocycles. The van der Waals surface area contributed by atoms with E-state index in [4.69, 9.17) is 14.2 Å². The van der Waals surface area contributed by atoms with E-state index in [1.165, 1.54) is 7.11 Å². The fourth-order valence-corrected chi connectivity index (χ4v) is 5.39. The van der Waals surface area contributed by atoms with E-state index in [-0.39, 0.29) is 18.4 Å². The Balaban J connectivity index is 1.49. The molecular weight excluding hydrogens is 549 g/mol. The number of hydrogen-bond donors (Lipinski definition) is 1. The summed E-state index contributed by atoms with van der Waals surface area (Å²) < 4.78 is 82.5. The molecule has 0 spiro atoms. The Hall–Kier alpha value is -3.27. The number of nitrogens with zero attached hydrogens (tertiary/aromatic N) is 3. The van der Waals surface area contributed by atoms with Gasteiger partial charge in [0.15, 0.2) is 12.5 Å². The van der Waals surface area contributed by atoms with Crippen LogP contribution in [0.5, 0.6) is 11.5 Å². The summed E-state index contributed by atoms with van der Waals surface area (Å²) in [5.41, 5.74) is -2.31. The van der Waals surface area contributed by atoms with Crippen molar-refractivity contribution in [3.63, 3.8) is 0 Å². The highest BCUT2D eigenvalue weighted by molar-refractivity contribution is 7.88. The number of halogens is 3. The highest BCUT2D eigenvalue weighted by atomic mass is 32.2. The third-order valence-electron chi connectivity index (χ3n) is 5.82. The molecule has 4 heterocycles. The van der Waals surface area contributed by atoms with Crippen LogP contribution in [0.15, 0.2) is 35.8 Å². The zero-order chi connectivity index (χ0) is 26.9. The maximum atomic E-state index is 12.7. The van der Waals surface area contributed by atoms with Gasteiger partial charge < -0.3 is 18.4 Å². The van der Waals surface area contributed by atoms with Crippen molar-refractivity contribution in [1.29, 1.82) is 0 Å². The smallest absolute Gasteiger partial charge is 0.467 e. The summed E-state index contributed by atoms with van der Waals surface area (Å²) in [5, 5.41) is 16.5. The molecule has 0 bridgehead atoms. The zero-order valence-electron chi connectivity index (χ0n) is 19.8. The van der Waals surface area contributed by atoms with Crippen molar-refractivity contribution in [1.82, 2.24) is 20.4 Å². The van der Waals surface area contributed by atoms with Gasteiger partial charge in [0.05, 0.1) is 16.1 Å². The Morgan fingerprint density at radius 2 is 2.00 bits per heavy atom. The summed E-state index contributed by atoms with van der Waals surface area (Å²) in [5.74, 6) is -0.132. The Kier molecular flexibility index (Phi) is 7.26. The largest absolute Gasteiger partial charge is 0.534 e. The van der Waals surface area contributed by atoms with Crippen molar-refractivity contribution >= 4 is 31.7 Å². The lowest BCUT2D eigenvalue weighted by Gasteiger charge is -2.22. The predicted octanol–water partition coefficient (Wildman–Crippen LogP) is 5.20. The molecule has 5 rings (SSSR count). The number of hydrogen-bond acceptors (Lipinski definition) is 10. The molecule has 1 unspecified atom stereocenters. The second kappa shape index (κ2) is 10.5. The van der Waals surface area contributed by atoms with E-state index in [1.807, 2.05) is 6.07 Å². The summed E-state index contributed by atoms with van der Waals surface area (Å²) >= 11 is 0.966. The fourth-order valence-electron chi connectivity index (χ4n) is 4.04. The molecule has 1 aliphatic rings. The van der Waals surface area contributed by atoms with Gasteiger partial charge in [-0.25, -0.2) is 0 Å². The van der Waals surface area contributed by atoms with Crippen LogP contribution in [0.2, 0.25) is 0 Å². The summed E-state index contributed by atoms with van der Waals surface area (Å²) in [6.07, 6.45) is 4.61. The van der Waals surface area contributed by atoms with Gasteiger partial charge in [0.2, 0.25) is 0 Å². The number of nitrogens with one attached hydrogen (secondary N) is 1. The molecule has 1 saturated heterocycles. The standard InChI is InChI=1S/C23H21F3N4O6S2/c1-33-12-35-18-8-13(15-10-27-29-21(15)17-4-2-3-7-34-17)5-6-14(18)16-9-20-22(30-28-16)19(11-37-20)36-38(31,32)23(24,25)26/h5-6,8-11,17H,2-4,7,12H2,1H3,(H,27,29). The van der Waals surface area contributed by atoms with Gasteiger partial charge in [0, 0.05) is 36.4 Å². The Morgan fingerprint density at radius 3 is 2.74 bits per heavy atom. The first-order chi connectivity index (χ1) is 18.2. The third kappa shape index (κ3) is 5.18. The summed E-state index contributed by atoms with van der Waals surface area (Å²) in [6.45, 7) is 0.624. The monoisotopic (exact) mass is 570 g/mol. The quantitative estimate of drug-likeness (QED) is 0.173. The molecule has 0 radical (unpaired) electrons. The molecule has 1 aromatic carbocycles. The van der Waals surface area contributed by atoms with Crippen LogP contribution in [0.3, 0.4) is 0 Å². The highest BCUT2D eigenvalue weighted by Gasteiger charge is 2.49. The lowest BCUT2D eigenvalue weighted by atomic mass is 9.97. The minimum absolute atomic E-state index is 0.0532. The van der Waals surface area contributed by atoms with E-state index < -0.39 is 21.4 Å². The first-order valence-corrected chi connectivity index (χ1v) is 13.6. The normalized spacial score (nSPS) is 16.6. The van der Waals surface area contributed by atoms with Crippen LogP contribution in [0.1, 0.15) is 31.1 Å². The molecule has 1 atom stereocenters. The van der Waals surface area contributed by atoms with E-state index in [0.29, 0.717) is 28.3 Å². The maximum Gasteiger partial charge on any atom is 0.534 e. The van der Waals surface area contributed by atoms with E-state index >= 15 is 0 Å². The Morgan fingerprint density at radius 1 is 1.16 bits per heavy atom. The molecule has 1 fully saturated rings. The van der Waals surface area contributed by atoms with Crippen LogP contribution in [-0.2, 0) is 19.6 Å². The van der Waals surface area contributed by atoms with E-state index in [0.717, 1.165) is 52.8 Å². The lowest BCUT2D eigenvalue weighted by Crippen LogP contribution is -2.28. The Labute approximate surface area is 218 Å². The van der Waals surface area contributed by atoms with Crippen molar-refractivity contribution < 1.29 is 40.0 Å². The van der Waals surface area contributed by atoms with Crippen LogP contribution < -0.4 is 8.92 Å². The topological polar surface area (TPSA) is 126 Å². The van der Waals surface area contributed by atoms with Gasteiger partial charge >= 0.3 is 15.6 Å². The molecular formula is C23H21F3N4O6S2. The molecule has 4 aromatic rings. The fraction of sp³-hybridized carbons (Fsp3) is 0.348. The number of methoxy groups -OCH3 is 1. The van der Waals surface area contributed by atoms with E-state index in [9.17, 15) is 21.6 Å². The first-order valence-electron chi connectivity index (χ1n) is 11.4. The van der Waals surface area contributed by atoms with E-state index in [2.05, 4.69) is 24.6 Å². The van der Waals surface area contributed by atoms with Crippen LogP contribution in [-0.4, -0.2) is 54.8 Å². The minimum Gasteiger partial charge on any atom is -0.467 e. The third-order valence-corrected chi connectivity index (χ3v) is 7.69. The van der Waals surface area contributed by atoms with Crippen molar-refractivity contribution in [3.8, 4) is 33.9 Å². The van der Waals surface area contributed by atoms with Gasteiger partial charge in [-0.15, -0.1) is 21.5 Å². The number of aromatic amines is 1. The predicted molar refractivity (Wildman–Crippen MR) is 131 cm³/mol. The minimum atomic E-state index is -5.84. The number of thiophene rings is 1. The molecule has 1 aliphatic heterocycles. The van der Waals surface area contributed by atoms with Crippen molar-refractivity contribution in [2.45, 2.75) is 30.9 Å². The second-order valence-corrected chi connectivity index (χ2v) is 10.8. The number of H-pyrrole nitrogens is 1. The molecule has 38 heavy (non-hydrogen) atoms. The van der Waals surface area contributed by atoms with Gasteiger partial charge in [0.1, 0.15) is 17.4 Å². The summed E-state index contributed by atoms with van der Waals surface area (Å²) in [7, 11) is -4.36. The van der Waals surface area contributed by atoms with Crippen LogP contribution in [0.25, 0.3) is 32.6 Å². The maximum absolute atomic E-state index is 12.7. The number of fused-ring (bicyclic) bond motifs is 1. The number of rotatable bonds is 8. The van der Waals surface area contributed by atoms with Crippen molar-refractivity contribution in [2.24, 2.45) is 0 Å². The average molecular weight is 571 g/mol. The first kappa shape index (κ1) is 26.3. The van der Waals surface area contributed by atoms with Crippen LogP contribution >= 0.6 is 11.3 Å². The van der Waals surface area contributed by atoms with Crippen LogP contribution in [0.4, 0.5) is 13.2 Å².